The van der Waals surface area contributed by atoms with Gasteiger partial charge in [0.2, 0.25) is 5.91 Å². The van der Waals surface area contributed by atoms with Crippen LogP contribution in [0.1, 0.15) is 60.8 Å². The SMILES string of the molecule is CCCC(C)(OC)C(NC(C)=O)C1C(NC(=O)OC(C)(C)C)CC(C(=O)O)C1OC(=S)n1ccnc1. The summed E-state index contributed by atoms with van der Waals surface area (Å²) >= 11 is 5.43. The van der Waals surface area contributed by atoms with Crippen molar-refractivity contribution in [1.29, 1.82) is 0 Å². The van der Waals surface area contributed by atoms with Gasteiger partial charge in [-0.1, -0.05) is 13.3 Å². The van der Waals surface area contributed by atoms with Gasteiger partial charge in [-0.15, -0.1) is 0 Å². The van der Waals surface area contributed by atoms with Gasteiger partial charge in [0.25, 0.3) is 5.17 Å². The summed E-state index contributed by atoms with van der Waals surface area (Å²) in [6, 6.07) is -1.44. The number of carboxylic acids is 1. The summed E-state index contributed by atoms with van der Waals surface area (Å²) in [4.78, 5) is 41.4. The molecule has 3 N–H and O–H groups in total. The lowest BCUT2D eigenvalue weighted by Gasteiger charge is -2.44. The van der Waals surface area contributed by atoms with Crippen LogP contribution in [-0.2, 0) is 23.8 Å². The van der Waals surface area contributed by atoms with Crippen LogP contribution in [0.4, 0.5) is 4.79 Å². The number of aromatic nitrogens is 2. The summed E-state index contributed by atoms with van der Waals surface area (Å²) in [6.45, 7) is 10.4. The Morgan fingerprint density at radius 3 is 2.42 bits per heavy atom. The van der Waals surface area contributed by atoms with Gasteiger partial charge in [-0.3, -0.25) is 14.2 Å². The van der Waals surface area contributed by atoms with Crippen LogP contribution in [0.2, 0.25) is 0 Å². The molecule has 0 bridgehead atoms. The van der Waals surface area contributed by atoms with Crippen LogP contribution >= 0.6 is 12.2 Å². The third-order valence-corrected chi connectivity index (χ3v) is 6.64. The highest BCUT2D eigenvalue weighted by molar-refractivity contribution is 7.80. The fraction of sp³-hybridized carbons (Fsp3) is 0.708. The number of methoxy groups -OCH3 is 1. The van der Waals surface area contributed by atoms with Crippen molar-refractivity contribution >= 4 is 35.4 Å². The summed E-state index contributed by atoms with van der Waals surface area (Å²) in [6.07, 6.45) is 4.18. The maximum absolute atomic E-state index is 12.8. The second kappa shape index (κ2) is 12.0. The van der Waals surface area contributed by atoms with Gasteiger partial charge >= 0.3 is 12.1 Å². The normalized spacial score (nSPS) is 24.3. The lowest BCUT2D eigenvalue weighted by Crippen LogP contribution is -2.62. The van der Waals surface area contributed by atoms with E-state index in [9.17, 15) is 19.5 Å². The average Bonchev–Trinajstić information content (AvgIpc) is 3.39. The minimum atomic E-state index is -1.11. The second-order valence-electron chi connectivity index (χ2n) is 10.3. The van der Waals surface area contributed by atoms with Gasteiger partial charge in [0.1, 0.15) is 18.0 Å². The Labute approximate surface area is 217 Å². The molecule has 1 fully saturated rings. The number of nitrogens with zero attached hydrogens (tertiary/aromatic N) is 2. The maximum atomic E-state index is 12.8. The van der Waals surface area contributed by atoms with E-state index in [0.29, 0.717) is 6.42 Å². The van der Waals surface area contributed by atoms with Gasteiger partial charge < -0.3 is 30.0 Å². The predicted octanol–water partition coefficient (Wildman–Crippen LogP) is 2.73. The zero-order chi connectivity index (χ0) is 27.3. The number of hydrogen-bond donors (Lipinski definition) is 3. The summed E-state index contributed by atoms with van der Waals surface area (Å²) < 4.78 is 18.9. The molecule has 1 heterocycles. The zero-order valence-electron chi connectivity index (χ0n) is 21.9. The molecule has 12 heteroatoms. The maximum Gasteiger partial charge on any atom is 0.407 e. The fourth-order valence-electron chi connectivity index (χ4n) is 4.80. The molecule has 6 atom stereocenters. The predicted molar refractivity (Wildman–Crippen MR) is 135 cm³/mol. The highest BCUT2D eigenvalue weighted by Crippen LogP contribution is 2.42. The van der Waals surface area contributed by atoms with E-state index in [1.807, 2.05) is 13.8 Å². The van der Waals surface area contributed by atoms with Crippen molar-refractivity contribution in [1.82, 2.24) is 20.2 Å². The Morgan fingerprint density at radius 1 is 1.28 bits per heavy atom. The quantitative estimate of drug-likeness (QED) is 0.414. The van der Waals surface area contributed by atoms with E-state index in [4.69, 9.17) is 26.4 Å². The first-order valence-electron chi connectivity index (χ1n) is 12.0. The monoisotopic (exact) mass is 526 g/mol. The number of amides is 2. The lowest BCUT2D eigenvalue weighted by molar-refractivity contribution is -0.145. The molecule has 1 aliphatic rings. The van der Waals surface area contributed by atoms with Crippen molar-refractivity contribution in [2.45, 2.75) is 90.2 Å². The Hall–Kier alpha value is -2.73. The van der Waals surface area contributed by atoms with Crippen LogP contribution in [0.5, 0.6) is 0 Å². The summed E-state index contributed by atoms with van der Waals surface area (Å²) in [5.74, 6) is -3.19. The van der Waals surface area contributed by atoms with E-state index < -0.39 is 53.3 Å². The molecular formula is C24H38N4O7S. The number of alkyl carbamates (subject to hydrolysis) is 1. The number of rotatable bonds is 9. The molecule has 0 aromatic carbocycles. The summed E-state index contributed by atoms with van der Waals surface area (Å²) in [5, 5.41) is 15.9. The van der Waals surface area contributed by atoms with Crippen molar-refractivity contribution in [3.63, 3.8) is 0 Å². The molecule has 202 valence electrons. The summed E-state index contributed by atoms with van der Waals surface area (Å²) in [7, 11) is 1.54. The molecule has 6 unspecified atom stereocenters. The third-order valence-electron chi connectivity index (χ3n) is 6.33. The molecule has 0 radical (unpaired) electrons. The number of ether oxygens (including phenoxy) is 3. The lowest BCUT2D eigenvalue weighted by atomic mass is 9.78. The van der Waals surface area contributed by atoms with Gasteiger partial charge in [-0.2, -0.15) is 0 Å². The van der Waals surface area contributed by atoms with E-state index in [1.165, 1.54) is 31.1 Å². The number of aliphatic carboxylic acids is 1. The van der Waals surface area contributed by atoms with Crippen LogP contribution in [-0.4, -0.2) is 74.3 Å². The van der Waals surface area contributed by atoms with Gasteiger partial charge in [-0.05, 0) is 52.8 Å². The van der Waals surface area contributed by atoms with Crippen LogP contribution < -0.4 is 10.6 Å². The largest absolute Gasteiger partial charge is 0.481 e. The Balaban J connectivity index is 2.58. The van der Waals surface area contributed by atoms with Crippen molar-refractivity contribution < 1.29 is 33.7 Å². The number of carbonyl (C=O) groups excluding carboxylic acids is 2. The van der Waals surface area contributed by atoms with Crippen LogP contribution in [0.15, 0.2) is 18.7 Å². The van der Waals surface area contributed by atoms with Gasteiger partial charge in [0, 0.05) is 38.4 Å². The molecule has 1 aromatic rings. The van der Waals surface area contributed by atoms with E-state index in [2.05, 4.69) is 15.6 Å². The molecule has 1 saturated carbocycles. The minimum Gasteiger partial charge on any atom is -0.481 e. The van der Waals surface area contributed by atoms with Crippen molar-refractivity contribution in [2.24, 2.45) is 11.8 Å². The molecule has 1 aliphatic carbocycles. The van der Waals surface area contributed by atoms with Crippen LogP contribution in [0.3, 0.4) is 0 Å². The number of hydrogen-bond acceptors (Lipinski definition) is 8. The van der Waals surface area contributed by atoms with Gasteiger partial charge in [-0.25, -0.2) is 9.78 Å². The Bertz CT molecular complexity index is 933. The molecular weight excluding hydrogens is 488 g/mol. The second-order valence-corrected chi connectivity index (χ2v) is 10.6. The topological polar surface area (TPSA) is 141 Å². The number of nitrogens with one attached hydrogen (secondary N) is 2. The smallest absolute Gasteiger partial charge is 0.407 e. The highest BCUT2D eigenvalue weighted by atomic mass is 32.1. The number of carboxylic acid groups (broad SMARTS) is 1. The number of imidazole rings is 1. The van der Waals surface area contributed by atoms with Crippen molar-refractivity contribution in [2.75, 3.05) is 7.11 Å². The molecule has 36 heavy (non-hydrogen) atoms. The van der Waals surface area contributed by atoms with Gasteiger partial charge in [0.15, 0.2) is 0 Å². The molecule has 2 amide bonds. The Kier molecular flexibility index (Phi) is 9.84. The van der Waals surface area contributed by atoms with E-state index >= 15 is 0 Å². The van der Waals surface area contributed by atoms with Crippen molar-refractivity contribution in [3.05, 3.63) is 18.7 Å². The van der Waals surface area contributed by atoms with E-state index in [1.54, 1.807) is 27.0 Å². The standard InChI is InChI=1S/C24H38N4O7S/c1-8-9-24(6,33-7)19(26-14(2)29)17-16(27-21(32)35-23(3,4)5)12-15(20(30)31)18(17)34-22(36)28-11-10-25-13-28/h10-11,13,15-19H,8-9,12H2,1-7H3,(H,26,29)(H,27,32)(H,30,31). The molecule has 1 aromatic heterocycles. The third kappa shape index (κ3) is 7.39. The van der Waals surface area contributed by atoms with Crippen LogP contribution in [0, 0.1) is 11.8 Å². The fourth-order valence-corrected chi connectivity index (χ4v) is 5.02. The van der Waals surface area contributed by atoms with E-state index in [-0.39, 0.29) is 17.5 Å². The number of carbonyl (C=O) groups is 3. The number of thiocarbonyl (C=S) groups is 1. The minimum absolute atomic E-state index is 0.00264. The van der Waals surface area contributed by atoms with Crippen molar-refractivity contribution in [3.8, 4) is 0 Å². The first-order chi connectivity index (χ1) is 16.7. The Morgan fingerprint density at radius 2 is 1.94 bits per heavy atom. The highest BCUT2D eigenvalue weighted by Gasteiger charge is 2.56. The summed E-state index contributed by atoms with van der Waals surface area (Å²) in [5.41, 5.74) is -1.66. The molecule has 0 saturated heterocycles. The van der Waals surface area contributed by atoms with Gasteiger partial charge in [0.05, 0.1) is 17.6 Å². The van der Waals surface area contributed by atoms with Crippen LogP contribution in [0.25, 0.3) is 0 Å². The molecule has 11 nitrogen and oxygen atoms in total. The average molecular weight is 527 g/mol. The molecule has 0 aliphatic heterocycles. The molecule has 0 spiro atoms. The first-order valence-corrected chi connectivity index (χ1v) is 12.4. The van der Waals surface area contributed by atoms with E-state index in [0.717, 1.165) is 6.42 Å². The molecule has 2 rings (SSSR count). The zero-order valence-corrected chi connectivity index (χ0v) is 22.8. The first kappa shape index (κ1) is 29.5.